The number of hydrogen-bond acceptors (Lipinski definition) is 4. The van der Waals surface area contributed by atoms with E-state index >= 15 is 0 Å². The van der Waals surface area contributed by atoms with Crippen molar-refractivity contribution in [2.24, 2.45) is 0 Å². The van der Waals surface area contributed by atoms with Gasteiger partial charge in [-0.25, -0.2) is 11.4 Å². The summed E-state index contributed by atoms with van der Waals surface area (Å²) in [5.74, 6) is -1.31. The Kier molecular flexibility index (Phi) is 4.46. The molecule has 5 nitrogen and oxygen atoms in total. The Hall–Kier alpha value is -1.57. The maximum Gasteiger partial charge on any atom is 0.390 e. The van der Waals surface area contributed by atoms with Gasteiger partial charge in [-0.05, 0) is 0 Å². The topological polar surface area (TPSA) is 57.0 Å². The van der Waals surface area contributed by atoms with Crippen LogP contribution < -0.4 is 0 Å². The number of methoxy groups -OCH3 is 2. The Balaban J connectivity index is 4.11. The van der Waals surface area contributed by atoms with Crippen LogP contribution in [0.5, 0.6) is 0 Å². The van der Waals surface area contributed by atoms with Crippen LogP contribution in [0.1, 0.15) is 6.42 Å². The number of rotatable bonds is 3. The standard InChI is InChI=1S/C7H9NO4/c1-8-5(7(10)12-3)4-6(9)11-2/h5H,4H2,2-3H3/t5-/m0/s1. The van der Waals surface area contributed by atoms with Gasteiger partial charge in [0.1, 0.15) is 6.42 Å². The van der Waals surface area contributed by atoms with Crippen molar-refractivity contribution in [3.63, 3.8) is 0 Å². The average Bonchev–Trinajstić information content (AvgIpc) is 2.12. The molecule has 0 aliphatic rings. The smallest absolute Gasteiger partial charge is 0.390 e. The molecule has 0 aliphatic carbocycles. The molecular formula is C7H9NO4. The third-order valence-corrected chi connectivity index (χ3v) is 1.22. The Morgan fingerprint density at radius 2 is 2.00 bits per heavy atom. The second-order valence-electron chi connectivity index (χ2n) is 1.95. The highest BCUT2D eigenvalue weighted by Gasteiger charge is 2.27. The molecule has 0 aromatic carbocycles. The lowest BCUT2D eigenvalue weighted by Crippen LogP contribution is -2.22. The van der Waals surface area contributed by atoms with E-state index in [1.54, 1.807) is 0 Å². The van der Waals surface area contributed by atoms with Crippen molar-refractivity contribution < 1.29 is 19.1 Å². The molecule has 66 valence electrons. The van der Waals surface area contributed by atoms with Crippen molar-refractivity contribution in [3.05, 3.63) is 11.4 Å². The molecule has 0 N–H and O–H groups in total. The van der Waals surface area contributed by atoms with Crippen LogP contribution in [0.15, 0.2) is 0 Å². The molecule has 0 bridgehead atoms. The molecule has 0 aliphatic heterocycles. The lowest BCUT2D eigenvalue weighted by atomic mass is 10.2. The first kappa shape index (κ1) is 10.4. The highest BCUT2D eigenvalue weighted by molar-refractivity contribution is 5.84. The maximum absolute atomic E-state index is 10.8. The monoisotopic (exact) mass is 171 g/mol. The summed E-state index contributed by atoms with van der Waals surface area (Å²) in [4.78, 5) is 24.3. The van der Waals surface area contributed by atoms with E-state index in [4.69, 9.17) is 6.57 Å². The van der Waals surface area contributed by atoms with Gasteiger partial charge in [-0.2, -0.15) is 0 Å². The van der Waals surface area contributed by atoms with Gasteiger partial charge in [0.2, 0.25) is 0 Å². The van der Waals surface area contributed by atoms with Gasteiger partial charge in [-0.3, -0.25) is 4.79 Å². The van der Waals surface area contributed by atoms with E-state index in [0.29, 0.717) is 0 Å². The fraction of sp³-hybridized carbons (Fsp3) is 0.571. The highest BCUT2D eigenvalue weighted by Crippen LogP contribution is 2.01. The molecule has 0 saturated heterocycles. The molecule has 12 heavy (non-hydrogen) atoms. The predicted molar refractivity (Wildman–Crippen MR) is 39.0 cm³/mol. The van der Waals surface area contributed by atoms with Crippen molar-refractivity contribution in [1.29, 1.82) is 0 Å². The molecular weight excluding hydrogens is 162 g/mol. The summed E-state index contributed by atoms with van der Waals surface area (Å²) in [6.07, 6.45) is -0.257. The van der Waals surface area contributed by atoms with Gasteiger partial charge in [0.25, 0.3) is 0 Å². The minimum atomic E-state index is -1.08. The first-order chi connectivity index (χ1) is 5.65. The van der Waals surface area contributed by atoms with Gasteiger partial charge in [-0.1, -0.05) is 0 Å². The van der Waals surface area contributed by atoms with Crippen molar-refractivity contribution in [2.75, 3.05) is 14.2 Å². The third kappa shape index (κ3) is 3.01. The number of esters is 2. The molecule has 0 amide bonds. The number of ether oxygens (including phenoxy) is 2. The largest absolute Gasteiger partial charge is 0.469 e. The van der Waals surface area contributed by atoms with E-state index < -0.39 is 18.0 Å². The molecule has 0 unspecified atom stereocenters. The van der Waals surface area contributed by atoms with E-state index in [1.165, 1.54) is 7.11 Å². The molecule has 0 radical (unpaired) electrons. The van der Waals surface area contributed by atoms with Crippen molar-refractivity contribution in [3.8, 4) is 0 Å². The predicted octanol–water partition coefficient (Wildman–Crippen LogP) is 0.0104. The fourth-order valence-corrected chi connectivity index (χ4v) is 0.559. The summed E-state index contributed by atoms with van der Waals surface area (Å²) in [5.41, 5.74) is 0. The SMILES string of the molecule is [C-]#[N+][C@@H](CC(=O)OC)C(=O)OC. The number of carbonyl (C=O) groups is 2. The summed E-state index contributed by atoms with van der Waals surface area (Å²) in [5, 5.41) is 0. The van der Waals surface area contributed by atoms with Gasteiger partial charge < -0.3 is 14.3 Å². The number of carbonyl (C=O) groups excluding carboxylic acids is 2. The summed E-state index contributed by atoms with van der Waals surface area (Å²) in [6.45, 7) is 6.58. The van der Waals surface area contributed by atoms with Crippen LogP contribution in [0, 0.1) is 6.57 Å². The van der Waals surface area contributed by atoms with Crippen LogP contribution in [-0.2, 0) is 19.1 Å². The van der Waals surface area contributed by atoms with E-state index in [9.17, 15) is 9.59 Å². The van der Waals surface area contributed by atoms with Crippen molar-refractivity contribution in [2.45, 2.75) is 12.5 Å². The minimum absolute atomic E-state index is 0.257. The van der Waals surface area contributed by atoms with Crippen LogP contribution >= 0.6 is 0 Å². The van der Waals surface area contributed by atoms with Crippen LogP contribution in [0.2, 0.25) is 0 Å². The summed E-state index contributed by atoms with van der Waals surface area (Å²) >= 11 is 0. The second-order valence-corrected chi connectivity index (χ2v) is 1.95. The Morgan fingerprint density at radius 1 is 1.42 bits per heavy atom. The zero-order chi connectivity index (χ0) is 9.56. The lowest BCUT2D eigenvalue weighted by Gasteiger charge is -2.00. The average molecular weight is 171 g/mol. The van der Waals surface area contributed by atoms with Crippen molar-refractivity contribution >= 4 is 11.9 Å². The maximum atomic E-state index is 10.8. The molecule has 1 atom stereocenters. The van der Waals surface area contributed by atoms with E-state index in [2.05, 4.69) is 14.3 Å². The summed E-state index contributed by atoms with van der Waals surface area (Å²) in [6, 6.07) is -1.08. The van der Waals surface area contributed by atoms with E-state index in [0.717, 1.165) is 7.11 Å². The zero-order valence-corrected chi connectivity index (χ0v) is 6.86. The molecule has 0 spiro atoms. The summed E-state index contributed by atoms with van der Waals surface area (Å²) < 4.78 is 8.58. The van der Waals surface area contributed by atoms with Gasteiger partial charge in [0, 0.05) is 0 Å². The summed E-state index contributed by atoms with van der Waals surface area (Å²) in [7, 11) is 2.36. The Labute approximate surface area is 70.1 Å². The van der Waals surface area contributed by atoms with Crippen LogP contribution in [0.25, 0.3) is 4.85 Å². The number of hydrogen-bond donors (Lipinski definition) is 0. The highest BCUT2D eigenvalue weighted by atomic mass is 16.5. The molecule has 0 rings (SSSR count). The second kappa shape index (κ2) is 5.13. The van der Waals surface area contributed by atoms with Gasteiger partial charge >= 0.3 is 18.0 Å². The van der Waals surface area contributed by atoms with E-state index in [-0.39, 0.29) is 6.42 Å². The minimum Gasteiger partial charge on any atom is -0.469 e. The van der Waals surface area contributed by atoms with Gasteiger partial charge in [-0.15, -0.1) is 0 Å². The lowest BCUT2D eigenvalue weighted by molar-refractivity contribution is -0.147. The van der Waals surface area contributed by atoms with Gasteiger partial charge in [0.05, 0.1) is 14.2 Å². The quantitative estimate of drug-likeness (QED) is 0.443. The van der Waals surface area contributed by atoms with Crippen LogP contribution in [0.4, 0.5) is 0 Å². The molecule has 5 heteroatoms. The molecule has 0 fully saturated rings. The van der Waals surface area contributed by atoms with Crippen LogP contribution in [0.3, 0.4) is 0 Å². The Morgan fingerprint density at radius 3 is 2.33 bits per heavy atom. The van der Waals surface area contributed by atoms with Crippen LogP contribution in [-0.4, -0.2) is 32.2 Å². The third-order valence-electron chi connectivity index (χ3n) is 1.22. The molecule has 0 saturated carbocycles. The Bertz CT molecular complexity index is 218. The van der Waals surface area contributed by atoms with E-state index in [1.807, 2.05) is 0 Å². The first-order valence-electron chi connectivity index (χ1n) is 3.17. The molecule has 0 aromatic heterocycles. The fourth-order valence-electron chi connectivity index (χ4n) is 0.559. The molecule has 0 heterocycles. The molecule has 0 aromatic rings. The number of nitrogens with zero attached hydrogens (tertiary/aromatic N) is 1. The van der Waals surface area contributed by atoms with Crippen molar-refractivity contribution in [1.82, 2.24) is 0 Å². The van der Waals surface area contributed by atoms with Gasteiger partial charge in [0.15, 0.2) is 0 Å². The first-order valence-corrected chi connectivity index (χ1v) is 3.17. The normalized spacial score (nSPS) is 11.1. The zero-order valence-electron chi connectivity index (χ0n) is 6.86.